The maximum atomic E-state index is 10.4. The predicted molar refractivity (Wildman–Crippen MR) is 64.9 cm³/mol. The van der Waals surface area contributed by atoms with Gasteiger partial charge in [-0.2, -0.15) is 11.8 Å². The first-order valence-corrected chi connectivity index (χ1v) is 6.09. The van der Waals surface area contributed by atoms with Crippen molar-refractivity contribution < 1.29 is 14.6 Å². The largest absolute Gasteiger partial charge is 0.493 e. The van der Waals surface area contributed by atoms with Gasteiger partial charge in [0.2, 0.25) is 0 Å². The number of thioether (sulfide) groups is 1. The fraction of sp³-hybridized carbons (Fsp3) is 0.364. The molecule has 0 aliphatic carbocycles. The predicted octanol–water partition coefficient (Wildman–Crippen LogP) is 1.21. The van der Waals surface area contributed by atoms with Crippen LogP contribution in [-0.2, 0) is 4.79 Å². The van der Waals surface area contributed by atoms with Gasteiger partial charge in [-0.05, 0) is 12.1 Å². The minimum absolute atomic E-state index is 0.410. The Hall–Kier alpha value is -1.20. The first-order chi connectivity index (χ1) is 7.70. The average Bonchev–Trinajstić information content (AvgIpc) is 2.29. The third kappa shape index (κ3) is 5.04. The summed E-state index contributed by atoms with van der Waals surface area (Å²) in [5, 5.41) is 8.55. The van der Waals surface area contributed by atoms with Crippen molar-refractivity contribution in [1.82, 2.24) is 0 Å². The smallest absolute Gasteiger partial charge is 0.321 e. The second kappa shape index (κ2) is 7.14. The molecule has 1 rings (SSSR count). The maximum absolute atomic E-state index is 10.4. The van der Waals surface area contributed by atoms with E-state index in [0.29, 0.717) is 12.4 Å². The lowest BCUT2D eigenvalue weighted by Gasteiger charge is -2.07. The molecule has 1 aromatic rings. The molecule has 0 unspecified atom stereocenters. The van der Waals surface area contributed by atoms with Gasteiger partial charge < -0.3 is 15.6 Å². The fourth-order valence-electron chi connectivity index (χ4n) is 1.02. The highest BCUT2D eigenvalue weighted by Gasteiger charge is 2.10. The lowest BCUT2D eigenvalue weighted by molar-refractivity contribution is -0.137. The molecule has 0 aromatic heterocycles. The van der Waals surface area contributed by atoms with Crippen LogP contribution in [0.15, 0.2) is 30.3 Å². The molecular formula is C11H15NO3S. The second-order valence-corrected chi connectivity index (χ2v) is 4.33. The highest BCUT2D eigenvalue weighted by atomic mass is 32.2. The van der Waals surface area contributed by atoms with Gasteiger partial charge in [-0.1, -0.05) is 18.2 Å². The summed E-state index contributed by atoms with van der Waals surface area (Å²) in [6.07, 6.45) is 0. The maximum Gasteiger partial charge on any atom is 0.321 e. The van der Waals surface area contributed by atoms with Crippen molar-refractivity contribution in [2.45, 2.75) is 6.04 Å². The van der Waals surface area contributed by atoms with Gasteiger partial charge in [-0.3, -0.25) is 4.79 Å². The summed E-state index contributed by atoms with van der Waals surface area (Å²) in [7, 11) is 0. The van der Waals surface area contributed by atoms with Crippen LogP contribution < -0.4 is 10.5 Å². The number of aliphatic carboxylic acids is 1. The molecule has 0 aliphatic heterocycles. The number of carbonyl (C=O) groups is 1. The van der Waals surface area contributed by atoms with E-state index in [2.05, 4.69) is 0 Å². The molecule has 0 spiro atoms. The number of hydrogen-bond acceptors (Lipinski definition) is 4. The molecule has 0 amide bonds. The summed E-state index contributed by atoms with van der Waals surface area (Å²) in [5.74, 6) is 1.01. The lowest BCUT2D eigenvalue weighted by Crippen LogP contribution is -2.32. The van der Waals surface area contributed by atoms with Crippen LogP contribution in [0.4, 0.5) is 0 Å². The number of rotatable bonds is 7. The SMILES string of the molecule is N[C@@H](CSCCOc1ccccc1)C(=O)O. The van der Waals surface area contributed by atoms with Crippen molar-refractivity contribution in [3.63, 3.8) is 0 Å². The average molecular weight is 241 g/mol. The molecule has 88 valence electrons. The number of ether oxygens (including phenoxy) is 1. The van der Waals surface area contributed by atoms with E-state index in [0.717, 1.165) is 11.5 Å². The summed E-state index contributed by atoms with van der Waals surface area (Å²) >= 11 is 1.48. The number of para-hydroxylation sites is 1. The minimum Gasteiger partial charge on any atom is -0.493 e. The topological polar surface area (TPSA) is 72.5 Å². The van der Waals surface area contributed by atoms with E-state index < -0.39 is 12.0 Å². The van der Waals surface area contributed by atoms with Crippen LogP contribution in [0.3, 0.4) is 0 Å². The Bertz CT molecular complexity index is 318. The van der Waals surface area contributed by atoms with Gasteiger partial charge in [0.05, 0.1) is 6.61 Å². The van der Waals surface area contributed by atoms with Crippen molar-refractivity contribution >= 4 is 17.7 Å². The number of hydrogen-bond donors (Lipinski definition) is 2. The molecule has 4 nitrogen and oxygen atoms in total. The standard InChI is InChI=1S/C11H15NO3S/c12-10(11(13)14)8-16-7-6-15-9-4-2-1-3-5-9/h1-5,10H,6-8,12H2,(H,13,14)/t10-/m0/s1. The van der Waals surface area contributed by atoms with E-state index in [4.69, 9.17) is 15.6 Å². The second-order valence-electron chi connectivity index (χ2n) is 3.18. The lowest BCUT2D eigenvalue weighted by atomic mass is 10.3. The van der Waals surface area contributed by atoms with E-state index >= 15 is 0 Å². The zero-order chi connectivity index (χ0) is 11.8. The molecule has 0 bridgehead atoms. The minimum atomic E-state index is -0.962. The van der Waals surface area contributed by atoms with Gasteiger partial charge in [0.1, 0.15) is 11.8 Å². The third-order valence-corrected chi connectivity index (χ3v) is 2.90. The molecule has 0 heterocycles. The molecule has 0 saturated heterocycles. The summed E-state index contributed by atoms with van der Waals surface area (Å²) in [6, 6.07) is 8.71. The molecule has 16 heavy (non-hydrogen) atoms. The zero-order valence-corrected chi connectivity index (χ0v) is 9.65. The molecule has 0 aliphatic rings. The highest BCUT2D eigenvalue weighted by molar-refractivity contribution is 7.99. The summed E-state index contributed by atoms with van der Waals surface area (Å²) in [5.41, 5.74) is 5.35. The Morgan fingerprint density at radius 3 is 2.75 bits per heavy atom. The fourth-order valence-corrected chi connectivity index (χ4v) is 1.78. The van der Waals surface area contributed by atoms with Crippen LogP contribution in [0.1, 0.15) is 0 Å². The van der Waals surface area contributed by atoms with Crippen molar-refractivity contribution in [2.24, 2.45) is 5.73 Å². The van der Waals surface area contributed by atoms with Crippen molar-refractivity contribution in [1.29, 1.82) is 0 Å². The molecule has 1 aromatic carbocycles. The van der Waals surface area contributed by atoms with Crippen molar-refractivity contribution in [3.8, 4) is 5.75 Å². The highest BCUT2D eigenvalue weighted by Crippen LogP contribution is 2.09. The van der Waals surface area contributed by atoms with E-state index in [9.17, 15) is 4.79 Å². The number of carboxylic acid groups (broad SMARTS) is 1. The van der Waals surface area contributed by atoms with Gasteiger partial charge in [0.15, 0.2) is 0 Å². The number of nitrogens with two attached hydrogens (primary N) is 1. The van der Waals surface area contributed by atoms with E-state index in [1.165, 1.54) is 11.8 Å². The Morgan fingerprint density at radius 2 is 2.12 bits per heavy atom. The van der Waals surface area contributed by atoms with E-state index in [1.54, 1.807) is 0 Å². The number of carboxylic acids is 1. The van der Waals surface area contributed by atoms with Crippen LogP contribution in [-0.4, -0.2) is 35.2 Å². The van der Waals surface area contributed by atoms with E-state index in [1.807, 2.05) is 30.3 Å². The molecular weight excluding hydrogens is 226 g/mol. The summed E-state index contributed by atoms with van der Waals surface area (Å²) < 4.78 is 5.44. The number of benzene rings is 1. The van der Waals surface area contributed by atoms with Crippen LogP contribution >= 0.6 is 11.8 Å². The van der Waals surface area contributed by atoms with Gasteiger partial charge in [-0.25, -0.2) is 0 Å². The zero-order valence-electron chi connectivity index (χ0n) is 8.83. The Balaban J connectivity index is 2.07. The van der Waals surface area contributed by atoms with Crippen LogP contribution in [0, 0.1) is 0 Å². The van der Waals surface area contributed by atoms with Crippen LogP contribution in [0.2, 0.25) is 0 Å². The van der Waals surface area contributed by atoms with Gasteiger partial charge in [0.25, 0.3) is 0 Å². The molecule has 0 saturated carbocycles. The Labute approximate surface area is 98.8 Å². The van der Waals surface area contributed by atoms with E-state index in [-0.39, 0.29) is 0 Å². The normalized spacial score (nSPS) is 12.1. The Kier molecular flexibility index (Phi) is 5.74. The van der Waals surface area contributed by atoms with Gasteiger partial charge in [0, 0.05) is 11.5 Å². The third-order valence-electron chi connectivity index (χ3n) is 1.85. The molecule has 0 fully saturated rings. The van der Waals surface area contributed by atoms with Crippen LogP contribution in [0.25, 0.3) is 0 Å². The summed E-state index contributed by atoms with van der Waals surface area (Å²) in [4.78, 5) is 10.4. The van der Waals surface area contributed by atoms with Crippen LogP contribution in [0.5, 0.6) is 5.75 Å². The molecule has 0 radical (unpaired) electrons. The van der Waals surface area contributed by atoms with Gasteiger partial charge in [-0.15, -0.1) is 0 Å². The van der Waals surface area contributed by atoms with Crippen molar-refractivity contribution in [3.05, 3.63) is 30.3 Å². The Morgan fingerprint density at radius 1 is 1.44 bits per heavy atom. The summed E-state index contributed by atoms with van der Waals surface area (Å²) in [6.45, 7) is 0.557. The quantitative estimate of drug-likeness (QED) is 0.702. The molecule has 1 atom stereocenters. The van der Waals surface area contributed by atoms with Crippen molar-refractivity contribution in [2.75, 3.05) is 18.1 Å². The first-order valence-electron chi connectivity index (χ1n) is 4.94. The molecule has 3 N–H and O–H groups in total. The first kappa shape index (κ1) is 12.9. The molecule has 5 heteroatoms. The monoisotopic (exact) mass is 241 g/mol. The van der Waals surface area contributed by atoms with Gasteiger partial charge >= 0.3 is 5.97 Å².